The van der Waals surface area contributed by atoms with E-state index in [2.05, 4.69) is 4.90 Å². The van der Waals surface area contributed by atoms with Gasteiger partial charge in [0.25, 0.3) is 0 Å². The second-order valence-corrected chi connectivity index (χ2v) is 6.50. The van der Waals surface area contributed by atoms with Crippen molar-refractivity contribution in [2.24, 2.45) is 0 Å². The van der Waals surface area contributed by atoms with Gasteiger partial charge in [-0.2, -0.15) is 0 Å². The molecule has 2 saturated heterocycles. The molecule has 4 heteroatoms. The third kappa shape index (κ3) is 4.74. The number of hydrogen-bond acceptors (Lipinski definition) is 3. The van der Waals surface area contributed by atoms with Crippen molar-refractivity contribution >= 4 is 5.91 Å². The average Bonchev–Trinajstić information content (AvgIpc) is 2.65. The summed E-state index contributed by atoms with van der Waals surface area (Å²) in [6.45, 7) is 5.30. The van der Waals surface area contributed by atoms with Gasteiger partial charge in [-0.15, -0.1) is 0 Å². The summed E-state index contributed by atoms with van der Waals surface area (Å²) in [5.74, 6) is 0.294. The molecule has 2 atom stereocenters. The van der Waals surface area contributed by atoms with E-state index in [0.717, 1.165) is 45.3 Å². The number of carbonyl (C=O) groups excluding carboxylic acids is 1. The Morgan fingerprint density at radius 1 is 1.10 bits per heavy atom. The fraction of sp³-hybridized carbons (Fsp3) is 0.938. The maximum Gasteiger partial charge on any atom is 0.236 e. The lowest BCUT2D eigenvalue weighted by atomic mass is 10.0. The van der Waals surface area contributed by atoms with Gasteiger partial charge in [0.2, 0.25) is 5.91 Å². The van der Waals surface area contributed by atoms with Crippen LogP contribution < -0.4 is 0 Å². The van der Waals surface area contributed by atoms with E-state index < -0.39 is 0 Å². The van der Waals surface area contributed by atoms with Crippen molar-refractivity contribution in [2.45, 2.75) is 70.4 Å². The Bertz CT molecular complexity index is 301. The molecule has 4 nitrogen and oxygen atoms in total. The molecule has 0 aromatic rings. The van der Waals surface area contributed by atoms with Gasteiger partial charge in [0.05, 0.1) is 12.6 Å². The van der Waals surface area contributed by atoms with Gasteiger partial charge in [-0.3, -0.25) is 9.69 Å². The minimum Gasteiger partial charge on any atom is -0.393 e. The summed E-state index contributed by atoms with van der Waals surface area (Å²) in [5.41, 5.74) is 0. The van der Waals surface area contributed by atoms with E-state index in [9.17, 15) is 9.90 Å². The largest absolute Gasteiger partial charge is 0.393 e. The van der Waals surface area contributed by atoms with Gasteiger partial charge in [0.1, 0.15) is 0 Å². The van der Waals surface area contributed by atoms with Gasteiger partial charge in [-0.25, -0.2) is 0 Å². The highest BCUT2D eigenvalue weighted by atomic mass is 16.3. The van der Waals surface area contributed by atoms with Crippen LogP contribution in [0.25, 0.3) is 0 Å². The van der Waals surface area contributed by atoms with Crippen LogP contribution in [0.4, 0.5) is 0 Å². The Hall–Kier alpha value is -0.610. The molecule has 1 amide bonds. The Morgan fingerprint density at radius 2 is 1.75 bits per heavy atom. The number of piperidine rings is 1. The molecule has 0 bridgehead atoms. The fourth-order valence-electron chi connectivity index (χ4n) is 3.52. The standard InChI is InChI=1S/C16H30N2O2/c1-14(19)12-15-8-4-2-5-11-18(15)13-16(20)17-9-6-3-7-10-17/h14-15,19H,2-13H2,1H3. The van der Waals surface area contributed by atoms with Gasteiger partial charge in [-0.1, -0.05) is 12.8 Å². The molecule has 20 heavy (non-hydrogen) atoms. The first-order valence-electron chi connectivity index (χ1n) is 8.36. The molecule has 2 aliphatic rings. The second kappa shape index (κ2) is 7.99. The van der Waals surface area contributed by atoms with Crippen LogP contribution in [-0.2, 0) is 4.79 Å². The summed E-state index contributed by atoms with van der Waals surface area (Å²) in [7, 11) is 0. The van der Waals surface area contributed by atoms with Gasteiger partial charge < -0.3 is 10.0 Å². The molecule has 0 saturated carbocycles. The molecule has 2 fully saturated rings. The van der Waals surface area contributed by atoms with Gasteiger partial charge in [0.15, 0.2) is 0 Å². The van der Waals surface area contributed by atoms with Crippen LogP contribution >= 0.6 is 0 Å². The summed E-state index contributed by atoms with van der Waals surface area (Å²) >= 11 is 0. The van der Waals surface area contributed by atoms with E-state index in [1.165, 1.54) is 25.7 Å². The van der Waals surface area contributed by atoms with E-state index in [1.54, 1.807) is 0 Å². The van der Waals surface area contributed by atoms with Crippen LogP contribution in [0.3, 0.4) is 0 Å². The zero-order valence-electron chi connectivity index (χ0n) is 12.9. The molecule has 0 spiro atoms. The number of aliphatic hydroxyl groups is 1. The number of likely N-dealkylation sites (tertiary alicyclic amines) is 2. The monoisotopic (exact) mass is 282 g/mol. The molecule has 0 aromatic carbocycles. The topological polar surface area (TPSA) is 43.8 Å². The number of hydrogen-bond donors (Lipinski definition) is 1. The van der Waals surface area contributed by atoms with Crippen molar-refractivity contribution < 1.29 is 9.90 Å². The number of rotatable bonds is 4. The predicted octanol–water partition coefficient (Wildman–Crippen LogP) is 2.01. The van der Waals surface area contributed by atoms with Crippen molar-refractivity contribution in [2.75, 3.05) is 26.2 Å². The molecule has 2 rings (SSSR count). The van der Waals surface area contributed by atoms with Crippen LogP contribution in [0.1, 0.15) is 58.3 Å². The third-order valence-corrected chi connectivity index (χ3v) is 4.66. The Balaban J connectivity index is 1.90. The zero-order chi connectivity index (χ0) is 14.4. The highest BCUT2D eigenvalue weighted by Crippen LogP contribution is 2.21. The highest BCUT2D eigenvalue weighted by Gasteiger charge is 2.26. The minimum absolute atomic E-state index is 0.273. The molecule has 2 unspecified atom stereocenters. The molecule has 2 heterocycles. The van der Waals surface area contributed by atoms with Crippen LogP contribution in [0.15, 0.2) is 0 Å². The molecular formula is C16H30N2O2. The van der Waals surface area contributed by atoms with Crippen molar-refractivity contribution in [3.8, 4) is 0 Å². The first kappa shape index (κ1) is 15.8. The predicted molar refractivity (Wildman–Crippen MR) is 80.6 cm³/mol. The molecule has 116 valence electrons. The van der Waals surface area contributed by atoms with E-state index >= 15 is 0 Å². The normalized spacial score (nSPS) is 27.1. The number of aliphatic hydroxyl groups excluding tert-OH is 1. The summed E-state index contributed by atoms with van der Waals surface area (Å²) < 4.78 is 0. The number of amides is 1. The molecule has 2 aliphatic heterocycles. The molecule has 0 radical (unpaired) electrons. The second-order valence-electron chi connectivity index (χ2n) is 6.50. The van der Waals surface area contributed by atoms with Crippen LogP contribution in [0, 0.1) is 0 Å². The summed E-state index contributed by atoms with van der Waals surface area (Å²) in [4.78, 5) is 16.8. The molecule has 1 N–H and O–H groups in total. The number of carbonyl (C=O) groups is 1. The minimum atomic E-state index is -0.273. The number of nitrogens with zero attached hydrogens (tertiary/aromatic N) is 2. The van der Waals surface area contributed by atoms with Crippen LogP contribution in [0.5, 0.6) is 0 Å². The van der Waals surface area contributed by atoms with Crippen molar-refractivity contribution in [3.63, 3.8) is 0 Å². The van der Waals surface area contributed by atoms with Crippen molar-refractivity contribution in [3.05, 3.63) is 0 Å². The lowest BCUT2D eigenvalue weighted by molar-refractivity contribution is -0.134. The summed E-state index contributed by atoms with van der Waals surface area (Å²) in [6.07, 6.45) is 8.89. The lowest BCUT2D eigenvalue weighted by Crippen LogP contribution is -2.46. The maximum atomic E-state index is 12.4. The summed E-state index contributed by atoms with van der Waals surface area (Å²) in [5, 5.41) is 9.68. The maximum absolute atomic E-state index is 12.4. The highest BCUT2D eigenvalue weighted by molar-refractivity contribution is 5.78. The van der Waals surface area contributed by atoms with E-state index in [1.807, 2.05) is 11.8 Å². The SMILES string of the molecule is CC(O)CC1CCCCCN1CC(=O)N1CCCCC1. The Kier molecular flexibility index (Phi) is 6.30. The van der Waals surface area contributed by atoms with Crippen LogP contribution in [-0.4, -0.2) is 59.1 Å². The van der Waals surface area contributed by atoms with Gasteiger partial charge in [-0.05, 0) is 52.0 Å². The first-order chi connectivity index (χ1) is 9.66. The fourth-order valence-corrected chi connectivity index (χ4v) is 3.52. The third-order valence-electron chi connectivity index (χ3n) is 4.66. The lowest BCUT2D eigenvalue weighted by Gasteiger charge is -2.33. The van der Waals surface area contributed by atoms with Gasteiger partial charge in [0, 0.05) is 19.1 Å². The average molecular weight is 282 g/mol. The quantitative estimate of drug-likeness (QED) is 0.858. The van der Waals surface area contributed by atoms with E-state index in [-0.39, 0.29) is 6.10 Å². The van der Waals surface area contributed by atoms with E-state index in [4.69, 9.17) is 0 Å². The molecule has 0 aliphatic carbocycles. The van der Waals surface area contributed by atoms with E-state index in [0.29, 0.717) is 18.5 Å². The molecule has 0 aromatic heterocycles. The Labute approximate surface area is 123 Å². The van der Waals surface area contributed by atoms with Crippen LogP contribution in [0.2, 0.25) is 0 Å². The molecular weight excluding hydrogens is 252 g/mol. The Morgan fingerprint density at radius 3 is 2.45 bits per heavy atom. The first-order valence-corrected chi connectivity index (χ1v) is 8.36. The van der Waals surface area contributed by atoms with Gasteiger partial charge >= 0.3 is 0 Å². The smallest absolute Gasteiger partial charge is 0.236 e. The van der Waals surface area contributed by atoms with Crippen molar-refractivity contribution in [1.29, 1.82) is 0 Å². The zero-order valence-corrected chi connectivity index (χ0v) is 12.9. The van der Waals surface area contributed by atoms with Crippen molar-refractivity contribution in [1.82, 2.24) is 9.80 Å². The summed E-state index contributed by atoms with van der Waals surface area (Å²) in [6, 6.07) is 0.381.